The van der Waals surface area contributed by atoms with Gasteiger partial charge in [-0.1, -0.05) is 6.07 Å². The fourth-order valence-electron chi connectivity index (χ4n) is 2.42. The van der Waals surface area contributed by atoms with Crippen LogP contribution < -0.4 is 0 Å². The summed E-state index contributed by atoms with van der Waals surface area (Å²) in [5.41, 5.74) is 1.88. The third kappa shape index (κ3) is 1.90. The Kier molecular flexibility index (Phi) is 2.56. The molecule has 4 aromatic rings. The van der Waals surface area contributed by atoms with Gasteiger partial charge in [0.2, 0.25) is 0 Å². The Labute approximate surface area is 120 Å². The summed E-state index contributed by atoms with van der Waals surface area (Å²) in [6.45, 7) is 0.656. The van der Waals surface area contributed by atoms with Crippen LogP contribution in [0.2, 0.25) is 0 Å². The highest BCUT2D eigenvalue weighted by Crippen LogP contribution is 2.16. The van der Waals surface area contributed by atoms with Crippen molar-refractivity contribution in [3.05, 3.63) is 55.0 Å². The highest BCUT2D eigenvalue weighted by molar-refractivity contribution is 5.45. The maximum atomic E-state index is 4.42. The number of hydrogen-bond donors (Lipinski definition) is 0. The highest BCUT2D eigenvalue weighted by Gasteiger charge is 2.12. The second-order valence-corrected chi connectivity index (χ2v) is 4.79. The highest BCUT2D eigenvalue weighted by atomic mass is 15.3. The number of imidazole rings is 2. The van der Waals surface area contributed by atoms with Crippen molar-refractivity contribution in [3.63, 3.8) is 0 Å². The van der Waals surface area contributed by atoms with Crippen LogP contribution in [0.15, 0.2) is 49.3 Å². The van der Waals surface area contributed by atoms with Crippen LogP contribution >= 0.6 is 0 Å². The largest absolute Gasteiger partial charge is 0.331 e. The molecule has 0 bridgehead atoms. The van der Waals surface area contributed by atoms with E-state index < -0.39 is 0 Å². The molecule has 4 heterocycles. The zero-order chi connectivity index (χ0) is 14.2. The van der Waals surface area contributed by atoms with E-state index >= 15 is 0 Å². The number of rotatable bonds is 3. The van der Waals surface area contributed by atoms with Crippen molar-refractivity contribution in [1.82, 2.24) is 33.7 Å². The number of aromatic nitrogens is 7. The van der Waals surface area contributed by atoms with Crippen molar-refractivity contribution in [3.8, 4) is 11.6 Å². The summed E-state index contributed by atoms with van der Waals surface area (Å²) in [7, 11) is 1.96. The number of aryl methyl sites for hydroxylation is 1. The molecule has 0 amide bonds. The van der Waals surface area contributed by atoms with E-state index in [0.717, 1.165) is 23.0 Å². The first kappa shape index (κ1) is 11.8. The topological polar surface area (TPSA) is 65.8 Å². The van der Waals surface area contributed by atoms with Gasteiger partial charge in [0.1, 0.15) is 6.33 Å². The van der Waals surface area contributed by atoms with Gasteiger partial charge in [-0.25, -0.2) is 19.5 Å². The number of fused-ring (bicyclic) bond motifs is 1. The van der Waals surface area contributed by atoms with Gasteiger partial charge < -0.3 is 9.13 Å². The monoisotopic (exact) mass is 279 g/mol. The Bertz CT molecular complexity index is 899. The van der Waals surface area contributed by atoms with Crippen LogP contribution in [0.1, 0.15) is 5.69 Å². The quantitative estimate of drug-likeness (QED) is 0.568. The molecule has 0 fully saturated rings. The minimum atomic E-state index is 0.656. The second kappa shape index (κ2) is 4.55. The Morgan fingerprint density at radius 2 is 1.86 bits per heavy atom. The van der Waals surface area contributed by atoms with Crippen LogP contribution in [-0.4, -0.2) is 33.7 Å². The summed E-state index contributed by atoms with van der Waals surface area (Å²) in [5.74, 6) is 1.67. The molecular formula is C14H13N7. The Morgan fingerprint density at radius 3 is 2.71 bits per heavy atom. The third-order valence-electron chi connectivity index (χ3n) is 3.45. The van der Waals surface area contributed by atoms with Gasteiger partial charge in [-0.2, -0.15) is 5.10 Å². The maximum Gasteiger partial charge on any atom is 0.176 e. The lowest BCUT2D eigenvalue weighted by Gasteiger charge is -2.09. The van der Waals surface area contributed by atoms with E-state index in [9.17, 15) is 0 Å². The van der Waals surface area contributed by atoms with E-state index in [1.807, 2.05) is 46.7 Å². The molecule has 104 valence electrons. The predicted molar refractivity (Wildman–Crippen MR) is 76.5 cm³/mol. The smallest absolute Gasteiger partial charge is 0.176 e. The summed E-state index contributed by atoms with van der Waals surface area (Å²) >= 11 is 0. The summed E-state index contributed by atoms with van der Waals surface area (Å²) in [6.07, 6.45) is 8.97. The first-order chi connectivity index (χ1) is 10.3. The average molecular weight is 279 g/mol. The first-order valence-corrected chi connectivity index (χ1v) is 6.59. The van der Waals surface area contributed by atoms with Gasteiger partial charge in [-0.15, -0.1) is 0 Å². The van der Waals surface area contributed by atoms with Crippen molar-refractivity contribution < 1.29 is 0 Å². The molecular weight excluding hydrogens is 266 g/mol. The minimum Gasteiger partial charge on any atom is -0.331 e. The summed E-state index contributed by atoms with van der Waals surface area (Å²) in [6, 6.07) is 5.95. The molecule has 0 aliphatic rings. The van der Waals surface area contributed by atoms with Gasteiger partial charge in [-0.05, 0) is 12.1 Å². The predicted octanol–water partition coefficient (Wildman–Crippen LogP) is 1.37. The lowest BCUT2D eigenvalue weighted by Crippen LogP contribution is -2.08. The van der Waals surface area contributed by atoms with Gasteiger partial charge in [0, 0.05) is 31.8 Å². The normalized spacial score (nSPS) is 11.3. The standard InChI is InChI=1S/C14H13N7/c1-19-7-5-15-13(19)14-16-6-8-20(14)9-11-3-2-4-12-17-10-18-21(11)12/h2-8,10H,9H2,1H3. The molecule has 0 unspecified atom stereocenters. The summed E-state index contributed by atoms with van der Waals surface area (Å²) in [4.78, 5) is 13.0. The number of pyridine rings is 1. The SMILES string of the molecule is Cn1ccnc1-c1nccn1Cc1cccc2ncnn12. The molecule has 4 rings (SSSR count). The third-order valence-corrected chi connectivity index (χ3v) is 3.45. The first-order valence-electron chi connectivity index (χ1n) is 6.59. The van der Waals surface area contributed by atoms with Gasteiger partial charge in [0.15, 0.2) is 17.3 Å². The van der Waals surface area contributed by atoms with Crippen LogP contribution in [0.5, 0.6) is 0 Å². The van der Waals surface area contributed by atoms with E-state index in [2.05, 4.69) is 24.6 Å². The Morgan fingerprint density at radius 1 is 1.00 bits per heavy atom. The van der Waals surface area contributed by atoms with Gasteiger partial charge in [0.05, 0.1) is 12.2 Å². The van der Waals surface area contributed by atoms with Crippen LogP contribution in [-0.2, 0) is 13.6 Å². The molecule has 0 aromatic carbocycles. The average Bonchev–Trinajstić information content (AvgIpc) is 3.19. The van der Waals surface area contributed by atoms with E-state index in [1.54, 1.807) is 18.7 Å². The molecule has 0 saturated carbocycles. The molecule has 7 heteroatoms. The van der Waals surface area contributed by atoms with Crippen molar-refractivity contribution in [2.45, 2.75) is 6.54 Å². The van der Waals surface area contributed by atoms with Crippen LogP contribution in [0.4, 0.5) is 0 Å². The van der Waals surface area contributed by atoms with Gasteiger partial charge in [0.25, 0.3) is 0 Å². The zero-order valence-electron chi connectivity index (χ0n) is 11.5. The molecule has 21 heavy (non-hydrogen) atoms. The van der Waals surface area contributed by atoms with Crippen LogP contribution in [0.25, 0.3) is 17.3 Å². The van der Waals surface area contributed by atoms with Crippen molar-refractivity contribution >= 4 is 5.65 Å². The van der Waals surface area contributed by atoms with Crippen molar-refractivity contribution in [2.75, 3.05) is 0 Å². The van der Waals surface area contributed by atoms with E-state index in [0.29, 0.717) is 6.54 Å². The van der Waals surface area contributed by atoms with Crippen LogP contribution in [0, 0.1) is 0 Å². The number of nitrogens with zero attached hydrogens (tertiary/aromatic N) is 7. The summed E-state index contributed by atoms with van der Waals surface area (Å²) in [5, 5.41) is 4.26. The van der Waals surface area contributed by atoms with Gasteiger partial charge in [-0.3, -0.25) is 0 Å². The summed E-state index contributed by atoms with van der Waals surface area (Å²) < 4.78 is 5.84. The van der Waals surface area contributed by atoms with Gasteiger partial charge >= 0.3 is 0 Å². The molecule has 0 spiro atoms. The van der Waals surface area contributed by atoms with Crippen molar-refractivity contribution in [1.29, 1.82) is 0 Å². The zero-order valence-corrected chi connectivity index (χ0v) is 11.5. The second-order valence-electron chi connectivity index (χ2n) is 4.79. The lowest BCUT2D eigenvalue weighted by molar-refractivity contribution is 0.731. The molecule has 0 aliphatic carbocycles. The fraction of sp³-hybridized carbons (Fsp3) is 0.143. The Hall–Kier alpha value is -2.96. The molecule has 0 saturated heterocycles. The molecule has 0 radical (unpaired) electrons. The van der Waals surface area contributed by atoms with E-state index in [1.165, 1.54) is 0 Å². The minimum absolute atomic E-state index is 0.656. The van der Waals surface area contributed by atoms with E-state index in [4.69, 9.17) is 0 Å². The number of hydrogen-bond acceptors (Lipinski definition) is 4. The van der Waals surface area contributed by atoms with Crippen molar-refractivity contribution in [2.24, 2.45) is 7.05 Å². The molecule has 7 nitrogen and oxygen atoms in total. The lowest BCUT2D eigenvalue weighted by atomic mass is 10.3. The van der Waals surface area contributed by atoms with Crippen LogP contribution in [0.3, 0.4) is 0 Å². The Balaban J connectivity index is 1.78. The molecule has 4 aromatic heterocycles. The molecule has 0 aliphatic heterocycles. The van der Waals surface area contributed by atoms with E-state index in [-0.39, 0.29) is 0 Å². The maximum absolute atomic E-state index is 4.42. The molecule has 0 N–H and O–H groups in total. The molecule has 0 atom stereocenters. The fourth-order valence-corrected chi connectivity index (χ4v) is 2.42.